The third-order valence-electron chi connectivity index (χ3n) is 3.48. The lowest BCUT2D eigenvalue weighted by molar-refractivity contribution is 0.630. The van der Waals surface area contributed by atoms with E-state index in [9.17, 15) is 0 Å². The monoisotopic (exact) mass is 232 g/mol. The number of aryl methyl sites for hydroxylation is 2. The highest BCUT2D eigenvalue weighted by Gasteiger charge is 2.25. The summed E-state index contributed by atoms with van der Waals surface area (Å²) in [6.07, 6.45) is 3.60. The number of thiazole rings is 1. The number of nitrogens with two attached hydrogens (primary N) is 1. The molecule has 1 heterocycles. The first-order valence-electron chi connectivity index (χ1n) is 5.88. The number of nitrogens with zero attached hydrogens (tertiary/aromatic N) is 1. The van der Waals surface area contributed by atoms with Gasteiger partial charge in [0.25, 0.3) is 0 Å². The van der Waals surface area contributed by atoms with Gasteiger partial charge in [-0.05, 0) is 55.8 Å². The van der Waals surface area contributed by atoms with E-state index < -0.39 is 0 Å². The molecule has 1 aliphatic carbocycles. The van der Waals surface area contributed by atoms with Gasteiger partial charge in [0.05, 0.1) is 15.2 Å². The lowest BCUT2D eigenvalue weighted by Gasteiger charge is -2.10. The van der Waals surface area contributed by atoms with Crippen molar-refractivity contribution in [2.45, 2.75) is 32.1 Å². The van der Waals surface area contributed by atoms with Gasteiger partial charge in [0.1, 0.15) is 0 Å². The largest absolute Gasteiger partial charge is 0.330 e. The highest BCUT2D eigenvalue weighted by Crippen LogP contribution is 2.41. The van der Waals surface area contributed by atoms with Crippen LogP contribution in [0, 0.1) is 6.92 Å². The van der Waals surface area contributed by atoms with Crippen LogP contribution in [0.4, 0.5) is 0 Å². The molecule has 0 aliphatic heterocycles. The number of aromatic nitrogens is 1. The quantitative estimate of drug-likeness (QED) is 0.864. The van der Waals surface area contributed by atoms with Crippen molar-refractivity contribution in [1.29, 1.82) is 0 Å². The summed E-state index contributed by atoms with van der Waals surface area (Å²) in [6, 6.07) is 4.43. The summed E-state index contributed by atoms with van der Waals surface area (Å²) >= 11 is 1.84. The molecule has 1 aromatic heterocycles. The van der Waals surface area contributed by atoms with Gasteiger partial charge in [-0.2, -0.15) is 0 Å². The molecule has 84 valence electrons. The van der Waals surface area contributed by atoms with E-state index >= 15 is 0 Å². The Morgan fingerprint density at radius 2 is 2.38 bits per heavy atom. The summed E-state index contributed by atoms with van der Waals surface area (Å²) in [6.45, 7) is 2.88. The summed E-state index contributed by atoms with van der Waals surface area (Å²) in [4.78, 5) is 4.57. The van der Waals surface area contributed by atoms with Gasteiger partial charge in [-0.3, -0.25) is 0 Å². The molecule has 0 amide bonds. The van der Waals surface area contributed by atoms with E-state index in [2.05, 4.69) is 24.0 Å². The lowest BCUT2D eigenvalue weighted by atomic mass is 9.97. The first-order chi connectivity index (χ1) is 7.79. The molecule has 2 nitrogen and oxygen atoms in total. The maximum absolute atomic E-state index is 5.70. The predicted molar refractivity (Wildman–Crippen MR) is 69.1 cm³/mol. The van der Waals surface area contributed by atoms with E-state index in [1.165, 1.54) is 33.6 Å². The second-order valence-electron chi connectivity index (χ2n) is 4.53. The molecular weight excluding hydrogens is 216 g/mol. The van der Waals surface area contributed by atoms with Crippen LogP contribution >= 0.6 is 11.3 Å². The summed E-state index contributed by atoms with van der Waals surface area (Å²) in [7, 11) is 0. The molecule has 0 bridgehead atoms. The highest BCUT2D eigenvalue weighted by molar-refractivity contribution is 7.18. The third-order valence-corrected chi connectivity index (χ3v) is 4.50. The van der Waals surface area contributed by atoms with E-state index in [1.54, 1.807) is 5.56 Å². The van der Waals surface area contributed by atoms with Crippen LogP contribution in [0.15, 0.2) is 12.1 Å². The average Bonchev–Trinajstić information content (AvgIpc) is 2.81. The van der Waals surface area contributed by atoms with Crippen LogP contribution in [0.3, 0.4) is 0 Å². The van der Waals surface area contributed by atoms with Gasteiger partial charge < -0.3 is 5.73 Å². The molecule has 2 N–H and O–H groups in total. The summed E-state index contributed by atoms with van der Waals surface area (Å²) in [5.41, 5.74) is 9.95. The number of fused-ring (bicyclic) bond motifs is 3. The third kappa shape index (κ3) is 1.46. The Labute approximate surface area is 99.5 Å². The Hall–Kier alpha value is -0.930. The zero-order chi connectivity index (χ0) is 11.1. The van der Waals surface area contributed by atoms with E-state index in [-0.39, 0.29) is 0 Å². The minimum Gasteiger partial charge on any atom is -0.330 e. The van der Waals surface area contributed by atoms with Crippen molar-refractivity contribution in [3.8, 4) is 0 Å². The minimum absolute atomic E-state index is 0.670. The van der Waals surface area contributed by atoms with E-state index in [1.807, 2.05) is 11.3 Å². The molecule has 0 spiro atoms. The number of hydrogen-bond acceptors (Lipinski definition) is 3. The fourth-order valence-electron chi connectivity index (χ4n) is 2.79. The molecule has 1 atom stereocenters. The first-order valence-corrected chi connectivity index (χ1v) is 6.70. The summed E-state index contributed by atoms with van der Waals surface area (Å²) in [5.74, 6) is 0.670. The topological polar surface area (TPSA) is 38.9 Å². The van der Waals surface area contributed by atoms with Crippen molar-refractivity contribution in [3.05, 3.63) is 28.3 Å². The molecule has 1 unspecified atom stereocenters. The minimum atomic E-state index is 0.670. The zero-order valence-corrected chi connectivity index (χ0v) is 10.3. The van der Waals surface area contributed by atoms with Crippen molar-refractivity contribution in [2.75, 3.05) is 6.54 Å². The van der Waals surface area contributed by atoms with Crippen molar-refractivity contribution in [3.63, 3.8) is 0 Å². The van der Waals surface area contributed by atoms with Gasteiger partial charge in [0, 0.05) is 0 Å². The molecule has 1 aliphatic rings. The van der Waals surface area contributed by atoms with E-state index in [0.29, 0.717) is 5.92 Å². The van der Waals surface area contributed by atoms with Crippen molar-refractivity contribution in [1.82, 2.24) is 4.98 Å². The van der Waals surface area contributed by atoms with Crippen LogP contribution in [-0.4, -0.2) is 11.5 Å². The Morgan fingerprint density at radius 1 is 1.50 bits per heavy atom. The molecule has 3 rings (SSSR count). The van der Waals surface area contributed by atoms with E-state index in [0.717, 1.165) is 13.0 Å². The Morgan fingerprint density at radius 3 is 3.19 bits per heavy atom. The van der Waals surface area contributed by atoms with Crippen molar-refractivity contribution in [2.24, 2.45) is 5.73 Å². The SMILES string of the molecule is Cc1nc2ccc3c(c2s1)C(CCN)CC3. The van der Waals surface area contributed by atoms with Gasteiger partial charge >= 0.3 is 0 Å². The molecular formula is C13H16N2S. The number of benzene rings is 1. The lowest BCUT2D eigenvalue weighted by Crippen LogP contribution is -2.04. The molecule has 0 fully saturated rings. The Bertz CT molecular complexity index is 528. The van der Waals surface area contributed by atoms with Crippen LogP contribution < -0.4 is 5.73 Å². The van der Waals surface area contributed by atoms with Gasteiger partial charge in [0.2, 0.25) is 0 Å². The fraction of sp³-hybridized carbons (Fsp3) is 0.462. The van der Waals surface area contributed by atoms with Gasteiger partial charge in [-0.25, -0.2) is 4.98 Å². The standard InChI is InChI=1S/C13H16N2S/c1-8-15-11-5-4-9-2-3-10(6-7-14)12(9)13(11)16-8/h4-5,10H,2-3,6-7,14H2,1H3. The van der Waals surface area contributed by atoms with Crippen LogP contribution in [0.25, 0.3) is 10.2 Å². The van der Waals surface area contributed by atoms with Crippen LogP contribution in [-0.2, 0) is 6.42 Å². The molecule has 0 radical (unpaired) electrons. The summed E-state index contributed by atoms with van der Waals surface area (Å²) in [5, 5.41) is 1.17. The first kappa shape index (κ1) is 10.2. The number of rotatable bonds is 2. The summed E-state index contributed by atoms with van der Waals surface area (Å²) < 4.78 is 1.41. The molecule has 1 aromatic carbocycles. The van der Waals surface area contributed by atoms with Gasteiger partial charge in [-0.15, -0.1) is 11.3 Å². The van der Waals surface area contributed by atoms with Crippen LogP contribution in [0.2, 0.25) is 0 Å². The molecule has 16 heavy (non-hydrogen) atoms. The maximum Gasteiger partial charge on any atom is 0.0907 e. The maximum atomic E-state index is 5.70. The van der Waals surface area contributed by atoms with Crippen molar-refractivity contribution >= 4 is 21.6 Å². The second kappa shape index (κ2) is 3.82. The fourth-order valence-corrected chi connectivity index (χ4v) is 3.86. The molecule has 2 aromatic rings. The predicted octanol–water partition coefficient (Wildman–Crippen LogP) is 2.98. The second-order valence-corrected chi connectivity index (χ2v) is 5.74. The highest BCUT2D eigenvalue weighted by atomic mass is 32.1. The van der Waals surface area contributed by atoms with Gasteiger partial charge in [0.15, 0.2) is 0 Å². The van der Waals surface area contributed by atoms with E-state index in [4.69, 9.17) is 5.73 Å². The molecule has 0 saturated carbocycles. The number of hydrogen-bond donors (Lipinski definition) is 1. The van der Waals surface area contributed by atoms with Gasteiger partial charge in [-0.1, -0.05) is 6.07 Å². The smallest absolute Gasteiger partial charge is 0.0907 e. The normalized spacial score (nSPS) is 19.2. The Kier molecular flexibility index (Phi) is 2.45. The zero-order valence-electron chi connectivity index (χ0n) is 9.49. The van der Waals surface area contributed by atoms with Crippen LogP contribution in [0.1, 0.15) is 34.9 Å². The molecule has 3 heteroatoms. The van der Waals surface area contributed by atoms with Crippen molar-refractivity contribution < 1.29 is 0 Å². The van der Waals surface area contributed by atoms with Crippen LogP contribution in [0.5, 0.6) is 0 Å². The average molecular weight is 232 g/mol. The molecule has 0 saturated heterocycles. The Balaban J connectivity index is 2.20.